The number of nitrogens with one attached hydrogen (secondary N) is 1. The molecule has 0 aliphatic heterocycles. The summed E-state index contributed by atoms with van der Waals surface area (Å²) < 4.78 is 32.4. The molecule has 0 radical (unpaired) electrons. The second-order valence-electron chi connectivity index (χ2n) is 4.54. The molecule has 0 fully saturated rings. The molecule has 0 aromatic heterocycles. The molecule has 3 nitrogen and oxygen atoms in total. The number of ether oxygens (including phenoxy) is 1. The number of phenols is 1. The highest BCUT2D eigenvalue weighted by atomic mass is 79.9. The number of hydrogen-bond donors (Lipinski definition) is 2. The van der Waals surface area contributed by atoms with Crippen molar-refractivity contribution in [3.05, 3.63) is 52.0 Å². The monoisotopic (exact) mass is 357 g/mol. The van der Waals surface area contributed by atoms with E-state index in [2.05, 4.69) is 21.2 Å². The van der Waals surface area contributed by atoms with E-state index < -0.39 is 11.6 Å². The highest BCUT2D eigenvalue weighted by molar-refractivity contribution is 9.10. The van der Waals surface area contributed by atoms with Crippen molar-refractivity contribution in [1.82, 2.24) is 0 Å². The molecule has 112 valence electrons. The van der Waals surface area contributed by atoms with Gasteiger partial charge in [-0.3, -0.25) is 0 Å². The Morgan fingerprint density at radius 2 is 1.90 bits per heavy atom. The number of anilines is 1. The van der Waals surface area contributed by atoms with Crippen LogP contribution in [0.2, 0.25) is 0 Å². The van der Waals surface area contributed by atoms with Gasteiger partial charge in [0.05, 0.1) is 17.3 Å². The first-order chi connectivity index (χ1) is 9.92. The zero-order valence-electron chi connectivity index (χ0n) is 11.5. The smallest absolute Gasteiger partial charge is 0.160 e. The summed E-state index contributed by atoms with van der Waals surface area (Å²) in [6.07, 6.45) is 0. The van der Waals surface area contributed by atoms with Crippen LogP contribution < -0.4 is 10.1 Å². The summed E-state index contributed by atoms with van der Waals surface area (Å²) in [5.74, 6) is -0.756. The van der Waals surface area contributed by atoms with E-state index in [9.17, 15) is 13.9 Å². The van der Waals surface area contributed by atoms with Crippen molar-refractivity contribution in [2.75, 3.05) is 12.4 Å². The van der Waals surface area contributed by atoms with Gasteiger partial charge < -0.3 is 15.2 Å². The van der Waals surface area contributed by atoms with Crippen LogP contribution in [0.4, 0.5) is 14.5 Å². The average Bonchev–Trinajstić information content (AvgIpc) is 2.45. The predicted molar refractivity (Wildman–Crippen MR) is 80.8 cm³/mol. The zero-order valence-corrected chi connectivity index (χ0v) is 13.0. The standard InChI is InChI=1S/C15H14BrF2NO2/c1-8(9-3-4-14(20)15(5-9)21-2)19-13-7-11(17)10(16)6-12(13)18/h3-8,19-20H,1-2H3. The molecular weight excluding hydrogens is 344 g/mol. The second-order valence-corrected chi connectivity index (χ2v) is 5.40. The number of phenolic OH excluding ortho intramolecular Hbond substituents is 1. The molecule has 0 saturated heterocycles. The first kappa shape index (κ1) is 15.6. The number of methoxy groups -OCH3 is 1. The van der Waals surface area contributed by atoms with Crippen LogP contribution in [0.3, 0.4) is 0 Å². The molecule has 21 heavy (non-hydrogen) atoms. The molecule has 2 aromatic rings. The molecular formula is C15H14BrF2NO2. The normalized spacial score (nSPS) is 12.0. The molecule has 1 unspecified atom stereocenters. The van der Waals surface area contributed by atoms with Crippen LogP contribution in [-0.4, -0.2) is 12.2 Å². The number of aromatic hydroxyl groups is 1. The first-order valence-corrected chi connectivity index (χ1v) is 6.99. The van der Waals surface area contributed by atoms with Gasteiger partial charge in [0.25, 0.3) is 0 Å². The first-order valence-electron chi connectivity index (χ1n) is 6.20. The minimum atomic E-state index is -0.555. The van der Waals surface area contributed by atoms with Gasteiger partial charge in [0.1, 0.15) is 11.6 Å². The molecule has 0 saturated carbocycles. The molecule has 2 rings (SSSR count). The summed E-state index contributed by atoms with van der Waals surface area (Å²) in [5.41, 5.74) is 0.836. The van der Waals surface area contributed by atoms with Crippen molar-refractivity contribution in [2.24, 2.45) is 0 Å². The SMILES string of the molecule is COc1cc(C(C)Nc2cc(F)c(Br)cc2F)ccc1O. The Hall–Kier alpha value is -1.82. The van der Waals surface area contributed by atoms with Crippen LogP contribution >= 0.6 is 15.9 Å². The Morgan fingerprint density at radius 1 is 1.19 bits per heavy atom. The van der Waals surface area contributed by atoms with Crippen molar-refractivity contribution < 1.29 is 18.6 Å². The third-order valence-corrected chi connectivity index (χ3v) is 3.69. The maximum atomic E-state index is 13.8. The Kier molecular flexibility index (Phi) is 4.67. The highest BCUT2D eigenvalue weighted by Crippen LogP contribution is 2.31. The number of hydrogen-bond acceptors (Lipinski definition) is 3. The summed E-state index contributed by atoms with van der Waals surface area (Å²) in [7, 11) is 1.45. The lowest BCUT2D eigenvalue weighted by atomic mass is 10.1. The number of halogens is 3. The van der Waals surface area contributed by atoms with Crippen LogP contribution in [0.25, 0.3) is 0 Å². The van der Waals surface area contributed by atoms with E-state index in [0.717, 1.165) is 17.7 Å². The largest absolute Gasteiger partial charge is 0.504 e. The van der Waals surface area contributed by atoms with E-state index in [-0.39, 0.29) is 22.0 Å². The van der Waals surface area contributed by atoms with Crippen molar-refractivity contribution in [3.63, 3.8) is 0 Å². The maximum absolute atomic E-state index is 13.8. The molecule has 6 heteroatoms. The van der Waals surface area contributed by atoms with E-state index in [1.54, 1.807) is 19.1 Å². The lowest BCUT2D eigenvalue weighted by Gasteiger charge is -2.17. The summed E-state index contributed by atoms with van der Waals surface area (Å²) >= 11 is 2.93. The molecule has 0 bridgehead atoms. The minimum absolute atomic E-state index is 0.0225. The third-order valence-electron chi connectivity index (χ3n) is 3.09. The second kappa shape index (κ2) is 6.30. The molecule has 2 N–H and O–H groups in total. The molecule has 0 amide bonds. The fourth-order valence-electron chi connectivity index (χ4n) is 1.91. The predicted octanol–water partition coefficient (Wildman–Crippen LogP) is 4.61. The molecule has 0 aliphatic rings. The lowest BCUT2D eigenvalue weighted by molar-refractivity contribution is 0.373. The van der Waals surface area contributed by atoms with Crippen LogP contribution in [-0.2, 0) is 0 Å². The molecule has 1 atom stereocenters. The van der Waals surface area contributed by atoms with E-state index in [1.807, 2.05) is 0 Å². The Morgan fingerprint density at radius 3 is 2.57 bits per heavy atom. The summed E-state index contributed by atoms with van der Waals surface area (Å²) in [5, 5.41) is 12.4. The Balaban J connectivity index is 2.25. The number of rotatable bonds is 4. The van der Waals surface area contributed by atoms with E-state index in [1.165, 1.54) is 13.2 Å². The van der Waals surface area contributed by atoms with Crippen LogP contribution in [0.5, 0.6) is 11.5 Å². The van der Waals surface area contributed by atoms with Crippen molar-refractivity contribution in [3.8, 4) is 11.5 Å². The quantitative estimate of drug-likeness (QED) is 0.784. The van der Waals surface area contributed by atoms with E-state index in [0.29, 0.717) is 5.75 Å². The molecule has 0 aliphatic carbocycles. The fraction of sp³-hybridized carbons (Fsp3) is 0.200. The summed E-state index contributed by atoms with van der Waals surface area (Å²) in [6.45, 7) is 1.80. The molecule has 2 aromatic carbocycles. The van der Waals surface area contributed by atoms with Crippen molar-refractivity contribution in [1.29, 1.82) is 0 Å². The van der Waals surface area contributed by atoms with E-state index in [4.69, 9.17) is 4.74 Å². The van der Waals surface area contributed by atoms with Crippen LogP contribution in [0.15, 0.2) is 34.8 Å². The van der Waals surface area contributed by atoms with Gasteiger partial charge in [-0.25, -0.2) is 8.78 Å². The highest BCUT2D eigenvalue weighted by Gasteiger charge is 2.13. The van der Waals surface area contributed by atoms with Gasteiger partial charge in [0.15, 0.2) is 11.5 Å². The molecule has 0 spiro atoms. The van der Waals surface area contributed by atoms with Crippen molar-refractivity contribution in [2.45, 2.75) is 13.0 Å². The summed E-state index contributed by atoms with van der Waals surface area (Å²) in [4.78, 5) is 0. The van der Waals surface area contributed by atoms with Gasteiger partial charge in [-0.1, -0.05) is 6.07 Å². The minimum Gasteiger partial charge on any atom is -0.504 e. The average molecular weight is 358 g/mol. The van der Waals surface area contributed by atoms with Gasteiger partial charge in [-0.2, -0.15) is 0 Å². The number of benzene rings is 2. The molecule has 0 heterocycles. The topological polar surface area (TPSA) is 41.5 Å². The van der Waals surface area contributed by atoms with Crippen LogP contribution in [0.1, 0.15) is 18.5 Å². The Labute approximate surface area is 129 Å². The third kappa shape index (κ3) is 3.44. The van der Waals surface area contributed by atoms with Crippen LogP contribution in [0, 0.1) is 11.6 Å². The Bertz CT molecular complexity index is 664. The summed E-state index contributed by atoms with van der Waals surface area (Å²) in [6, 6.07) is 6.68. The lowest BCUT2D eigenvalue weighted by Crippen LogP contribution is -2.08. The van der Waals surface area contributed by atoms with Crippen molar-refractivity contribution >= 4 is 21.6 Å². The zero-order chi connectivity index (χ0) is 15.6. The fourth-order valence-corrected chi connectivity index (χ4v) is 2.23. The van der Waals surface area contributed by atoms with E-state index >= 15 is 0 Å². The van der Waals surface area contributed by atoms with Gasteiger partial charge in [-0.05, 0) is 46.6 Å². The van der Waals surface area contributed by atoms with Gasteiger partial charge in [0, 0.05) is 12.1 Å². The van der Waals surface area contributed by atoms with Gasteiger partial charge >= 0.3 is 0 Å². The van der Waals surface area contributed by atoms with Gasteiger partial charge in [-0.15, -0.1) is 0 Å². The maximum Gasteiger partial charge on any atom is 0.160 e. The van der Waals surface area contributed by atoms with Gasteiger partial charge in [0.2, 0.25) is 0 Å².